The van der Waals surface area contributed by atoms with E-state index < -0.39 is 17.1 Å². The molecule has 1 fully saturated rings. The fraction of sp³-hybridized carbons (Fsp3) is 0.200. The molecule has 1 aliphatic rings. The van der Waals surface area contributed by atoms with E-state index in [0.717, 1.165) is 22.2 Å². The van der Waals surface area contributed by atoms with E-state index in [1.54, 1.807) is 31.2 Å². The van der Waals surface area contributed by atoms with Crippen LogP contribution in [0.3, 0.4) is 0 Å². The molecule has 10 heteroatoms. The van der Waals surface area contributed by atoms with E-state index in [-0.39, 0.29) is 18.0 Å². The lowest BCUT2D eigenvalue weighted by molar-refractivity contribution is -0.122. The van der Waals surface area contributed by atoms with Crippen molar-refractivity contribution in [3.63, 3.8) is 0 Å². The molecule has 0 bridgehead atoms. The van der Waals surface area contributed by atoms with E-state index in [0.29, 0.717) is 34.1 Å². The summed E-state index contributed by atoms with van der Waals surface area (Å²) >= 11 is 0.848. The number of carbonyl (C=O) groups is 3. The summed E-state index contributed by atoms with van der Waals surface area (Å²) in [6.45, 7) is 1.77. The van der Waals surface area contributed by atoms with Gasteiger partial charge in [0.15, 0.2) is 11.5 Å². The first-order valence-corrected chi connectivity index (χ1v) is 11.5. The number of nitrogens with one attached hydrogen (secondary N) is 1. The molecule has 3 aromatic rings. The number of rotatable bonds is 8. The highest BCUT2D eigenvalue weighted by atomic mass is 32.2. The van der Waals surface area contributed by atoms with Gasteiger partial charge in [-0.1, -0.05) is 41.6 Å². The van der Waals surface area contributed by atoms with Crippen molar-refractivity contribution in [1.29, 1.82) is 0 Å². The normalized spacial score (nSPS) is 14.5. The Morgan fingerprint density at radius 1 is 1.11 bits per heavy atom. The Balaban J connectivity index is 1.41. The van der Waals surface area contributed by atoms with Gasteiger partial charge in [0.25, 0.3) is 17.1 Å². The van der Waals surface area contributed by atoms with Crippen molar-refractivity contribution in [1.82, 2.24) is 15.4 Å². The molecule has 2 aromatic carbocycles. The maximum atomic E-state index is 12.8. The molecule has 4 rings (SSSR count). The predicted molar refractivity (Wildman–Crippen MR) is 131 cm³/mol. The summed E-state index contributed by atoms with van der Waals surface area (Å²) in [5, 5.41) is 6.36. The quantitative estimate of drug-likeness (QED) is 0.466. The zero-order chi connectivity index (χ0) is 24.9. The van der Waals surface area contributed by atoms with Crippen LogP contribution in [-0.4, -0.2) is 54.4 Å². The van der Waals surface area contributed by atoms with Gasteiger partial charge < -0.3 is 19.3 Å². The molecule has 1 aliphatic heterocycles. The van der Waals surface area contributed by atoms with Gasteiger partial charge in [0.1, 0.15) is 17.0 Å². The van der Waals surface area contributed by atoms with Crippen molar-refractivity contribution < 1.29 is 28.4 Å². The van der Waals surface area contributed by atoms with Crippen molar-refractivity contribution >= 4 is 34.9 Å². The van der Waals surface area contributed by atoms with Crippen LogP contribution in [0.4, 0.5) is 4.79 Å². The maximum Gasteiger partial charge on any atom is 0.293 e. The van der Waals surface area contributed by atoms with Gasteiger partial charge in [-0.15, -0.1) is 0 Å². The predicted octanol–water partition coefficient (Wildman–Crippen LogP) is 4.13. The summed E-state index contributed by atoms with van der Waals surface area (Å²) in [5.74, 6) is 0.644. The summed E-state index contributed by atoms with van der Waals surface area (Å²) < 4.78 is 15.7. The molecule has 1 saturated heterocycles. The van der Waals surface area contributed by atoms with Crippen molar-refractivity contribution in [2.24, 2.45) is 0 Å². The van der Waals surface area contributed by atoms with Crippen LogP contribution in [0.5, 0.6) is 11.5 Å². The first-order valence-electron chi connectivity index (χ1n) is 10.7. The zero-order valence-electron chi connectivity index (χ0n) is 19.4. The van der Waals surface area contributed by atoms with Crippen molar-refractivity contribution in [3.05, 3.63) is 70.3 Å². The lowest BCUT2D eigenvalue weighted by Gasteiger charge is -2.13. The zero-order valence-corrected chi connectivity index (χ0v) is 20.2. The molecule has 0 saturated carbocycles. The second kappa shape index (κ2) is 10.5. The van der Waals surface area contributed by atoms with E-state index >= 15 is 0 Å². The van der Waals surface area contributed by atoms with Crippen molar-refractivity contribution in [3.8, 4) is 22.8 Å². The molecular formula is C25H23N3O6S. The number of imide groups is 1. The largest absolute Gasteiger partial charge is 0.493 e. The number of hydrogen-bond acceptors (Lipinski definition) is 8. The molecule has 35 heavy (non-hydrogen) atoms. The van der Waals surface area contributed by atoms with Gasteiger partial charge in [0.2, 0.25) is 0 Å². The van der Waals surface area contributed by atoms with Crippen LogP contribution in [-0.2, 0) is 4.79 Å². The third-order valence-corrected chi connectivity index (χ3v) is 6.24. The Morgan fingerprint density at radius 3 is 2.57 bits per heavy atom. The van der Waals surface area contributed by atoms with Crippen molar-refractivity contribution in [2.75, 3.05) is 27.3 Å². The summed E-state index contributed by atoms with van der Waals surface area (Å²) in [6, 6.07) is 14.4. The fourth-order valence-electron chi connectivity index (χ4n) is 3.59. The molecule has 1 aromatic heterocycles. The Kier molecular flexibility index (Phi) is 7.21. The molecule has 3 amide bonds. The van der Waals surface area contributed by atoms with Gasteiger partial charge in [-0.3, -0.25) is 19.3 Å². The Hall–Kier alpha value is -4.05. The van der Waals surface area contributed by atoms with E-state index in [9.17, 15) is 14.4 Å². The number of thioether (sulfide) groups is 1. The van der Waals surface area contributed by atoms with Crippen LogP contribution < -0.4 is 14.8 Å². The fourth-order valence-corrected chi connectivity index (χ4v) is 4.45. The lowest BCUT2D eigenvalue weighted by atomic mass is 10.1. The first kappa shape index (κ1) is 24.1. The first-order chi connectivity index (χ1) is 16.9. The van der Waals surface area contributed by atoms with E-state index in [1.165, 1.54) is 14.2 Å². The Labute approximate surface area is 206 Å². The second-order valence-corrected chi connectivity index (χ2v) is 8.53. The number of hydrogen-bond donors (Lipinski definition) is 1. The monoisotopic (exact) mass is 493 g/mol. The van der Waals surface area contributed by atoms with E-state index in [4.69, 9.17) is 14.0 Å². The SMILES string of the molecule is COc1ccc(/C=C2/SC(=O)N(CCNC(=O)c3c(-c4ccccc4)noc3C)C2=O)cc1OC. The summed E-state index contributed by atoms with van der Waals surface area (Å²) in [5.41, 5.74) is 2.20. The number of ether oxygens (including phenoxy) is 2. The average molecular weight is 494 g/mol. The summed E-state index contributed by atoms with van der Waals surface area (Å²) in [4.78, 5) is 39.5. The lowest BCUT2D eigenvalue weighted by Crippen LogP contribution is -2.37. The number of amides is 3. The summed E-state index contributed by atoms with van der Waals surface area (Å²) in [6.07, 6.45) is 1.62. The molecule has 2 heterocycles. The maximum absolute atomic E-state index is 12.8. The minimum atomic E-state index is -0.421. The number of methoxy groups -OCH3 is 2. The molecule has 0 unspecified atom stereocenters. The minimum Gasteiger partial charge on any atom is -0.493 e. The highest BCUT2D eigenvalue weighted by molar-refractivity contribution is 8.18. The number of benzene rings is 2. The van der Waals surface area contributed by atoms with Gasteiger partial charge in [0.05, 0.1) is 19.1 Å². The van der Waals surface area contributed by atoms with E-state index in [2.05, 4.69) is 10.5 Å². The molecule has 180 valence electrons. The molecule has 0 atom stereocenters. The standard InChI is InChI=1S/C25H23N3O6S/c1-15-21(22(27-34-15)17-7-5-4-6-8-17)23(29)26-11-12-28-24(30)20(35-25(28)31)14-16-9-10-18(32-2)19(13-16)33-3/h4-10,13-14H,11-12H2,1-3H3,(H,26,29)/b20-14+. The number of aromatic nitrogens is 1. The number of carbonyl (C=O) groups excluding carboxylic acids is 3. The third-order valence-electron chi connectivity index (χ3n) is 5.34. The van der Waals surface area contributed by atoms with E-state index in [1.807, 2.05) is 30.3 Å². The van der Waals surface area contributed by atoms with Gasteiger partial charge in [0, 0.05) is 18.7 Å². The van der Waals surface area contributed by atoms with Crippen LogP contribution in [0, 0.1) is 6.92 Å². The van der Waals surface area contributed by atoms with Crippen LogP contribution in [0.1, 0.15) is 21.7 Å². The molecule has 0 aliphatic carbocycles. The van der Waals surface area contributed by atoms with Gasteiger partial charge in [-0.25, -0.2) is 0 Å². The van der Waals surface area contributed by atoms with Gasteiger partial charge >= 0.3 is 0 Å². The third kappa shape index (κ3) is 5.07. The Morgan fingerprint density at radius 2 is 1.86 bits per heavy atom. The highest BCUT2D eigenvalue weighted by Crippen LogP contribution is 2.34. The number of aryl methyl sites for hydroxylation is 1. The van der Waals surface area contributed by atoms with Gasteiger partial charge in [-0.2, -0.15) is 0 Å². The second-order valence-electron chi connectivity index (χ2n) is 7.53. The van der Waals surface area contributed by atoms with Gasteiger partial charge in [-0.05, 0) is 42.5 Å². The van der Waals surface area contributed by atoms with Crippen LogP contribution in [0.2, 0.25) is 0 Å². The number of nitrogens with zero attached hydrogens (tertiary/aromatic N) is 2. The smallest absolute Gasteiger partial charge is 0.293 e. The molecule has 0 spiro atoms. The highest BCUT2D eigenvalue weighted by Gasteiger charge is 2.35. The molecule has 9 nitrogen and oxygen atoms in total. The topological polar surface area (TPSA) is 111 Å². The summed E-state index contributed by atoms with van der Waals surface area (Å²) in [7, 11) is 3.06. The molecule has 0 radical (unpaired) electrons. The Bertz CT molecular complexity index is 1300. The molecular weight excluding hydrogens is 470 g/mol. The van der Waals surface area contributed by atoms with Crippen LogP contribution in [0.15, 0.2) is 58.0 Å². The van der Waals surface area contributed by atoms with Crippen LogP contribution >= 0.6 is 11.8 Å². The average Bonchev–Trinajstić information content (AvgIpc) is 3.38. The van der Waals surface area contributed by atoms with Crippen molar-refractivity contribution in [2.45, 2.75) is 6.92 Å². The minimum absolute atomic E-state index is 0.0324. The van der Waals surface area contributed by atoms with Crippen LogP contribution in [0.25, 0.3) is 17.3 Å². The molecule has 1 N–H and O–H groups in total.